The number of rotatable bonds is 3. The summed E-state index contributed by atoms with van der Waals surface area (Å²) < 4.78 is 78.8. The third-order valence-electron chi connectivity index (χ3n) is 0.820. The first kappa shape index (κ1) is 10.5. The van der Waals surface area contributed by atoms with Crippen LogP contribution in [0.3, 0.4) is 0 Å². The van der Waals surface area contributed by atoms with Gasteiger partial charge in [-0.25, -0.2) is 13.2 Å². The van der Waals surface area contributed by atoms with Crippen LogP contribution in [0.2, 0.25) is 0 Å². The Labute approximate surface area is 57.0 Å². The van der Waals surface area contributed by atoms with Gasteiger partial charge in [0, 0.05) is 0 Å². The van der Waals surface area contributed by atoms with Crippen LogP contribution in [-0.2, 0) is 0 Å². The molecule has 0 spiro atoms. The summed E-state index contributed by atoms with van der Waals surface area (Å²) in [6.07, 6.45) is -11.9. The lowest BCUT2D eigenvalue weighted by molar-refractivity contribution is -0.154. The van der Waals surface area contributed by atoms with Gasteiger partial charge in [0.15, 0.2) is 0 Å². The summed E-state index contributed by atoms with van der Waals surface area (Å²) in [6.45, 7) is 0. The highest BCUT2D eigenvalue weighted by Gasteiger charge is 2.55. The highest BCUT2D eigenvalue weighted by atomic mass is 19.3. The van der Waals surface area contributed by atoms with E-state index in [1.54, 1.807) is 0 Å². The normalized spacial score (nSPS) is 16.1. The molecule has 0 heterocycles. The molecule has 0 aromatic heterocycles. The van der Waals surface area contributed by atoms with E-state index < -0.39 is 24.9 Å². The molecule has 0 fully saturated rings. The highest BCUT2D eigenvalue weighted by Crippen LogP contribution is 2.36. The van der Waals surface area contributed by atoms with Crippen LogP contribution in [0.5, 0.6) is 0 Å². The molecule has 0 aliphatic rings. The maximum atomic E-state index is 11.6. The Morgan fingerprint density at radius 1 is 1.00 bits per heavy atom. The quantitative estimate of drug-likeness (QED) is 0.590. The van der Waals surface area contributed by atoms with E-state index >= 15 is 0 Å². The van der Waals surface area contributed by atoms with Crippen molar-refractivity contribution in [2.45, 2.75) is 18.5 Å². The molecule has 0 saturated carbocycles. The number of alkyl halides is 5. The SMILES string of the molecule is F[C](F)C(F)(F)C(F)C(F)F. The standard InChI is InChI=1S/C4H2F7/c5-1(2(6)7)4(10,11)3(8)9/h1-2H. The van der Waals surface area contributed by atoms with Crippen molar-refractivity contribution in [1.82, 2.24) is 0 Å². The van der Waals surface area contributed by atoms with Gasteiger partial charge in [0.2, 0.25) is 6.17 Å². The van der Waals surface area contributed by atoms with Crippen molar-refractivity contribution in [3.8, 4) is 0 Å². The first-order valence-electron chi connectivity index (χ1n) is 2.28. The van der Waals surface area contributed by atoms with E-state index in [0.29, 0.717) is 0 Å². The van der Waals surface area contributed by atoms with E-state index in [1.807, 2.05) is 0 Å². The Bertz CT molecular complexity index is 120. The van der Waals surface area contributed by atoms with Crippen molar-refractivity contribution in [3.63, 3.8) is 0 Å². The Hall–Kier alpha value is -0.490. The molecule has 0 amide bonds. The summed E-state index contributed by atoms with van der Waals surface area (Å²) in [7, 11) is 0. The maximum absolute atomic E-state index is 11.6. The Morgan fingerprint density at radius 2 is 1.36 bits per heavy atom. The van der Waals surface area contributed by atoms with E-state index in [1.165, 1.54) is 0 Å². The van der Waals surface area contributed by atoms with Crippen LogP contribution >= 0.6 is 0 Å². The lowest BCUT2D eigenvalue weighted by Crippen LogP contribution is -2.38. The van der Waals surface area contributed by atoms with Crippen LogP contribution in [-0.4, -0.2) is 18.5 Å². The highest BCUT2D eigenvalue weighted by molar-refractivity contribution is 4.91. The van der Waals surface area contributed by atoms with Crippen LogP contribution < -0.4 is 0 Å². The van der Waals surface area contributed by atoms with Crippen LogP contribution in [0.25, 0.3) is 0 Å². The van der Waals surface area contributed by atoms with Crippen molar-refractivity contribution in [1.29, 1.82) is 0 Å². The third-order valence-corrected chi connectivity index (χ3v) is 0.820. The van der Waals surface area contributed by atoms with Gasteiger partial charge in [0.1, 0.15) is 0 Å². The van der Waals surface area contributed by atoms with Crippen LogP contribution in [0, 0.1) is 6.43 Å². The molecule has 11 heavy (non-hydrogen) atoms. The minimum atomic E-state index is -5.35. The number of hydrogen-bond acceptors (Lipinski definition) is 0. The molecule has 0 aliphatic carbocycles. The Kier molecular flexibility index (Phi) is 3.13. The maximum Gasteiger partial charge on any atom is 0.381 e. The summed E-state index contributed by atoms with van der Waals surface area (Å²) in [5, 5.41) is 0. The molecule has 0 aromatic rings. The Balaban J connectivity index is 4.29. The van der Waals surface area contributed by atoms with Gasteiger partial charge >= 0.3 is 12.3 Å². The van der Waals surface area contributed by atoms with Crippen molar-refractivity contribution < 1.29 is 30.7 Å². The lowest BCUT2D eigenvalue weighted by atomic mass is 10.2. The van der Waals surface area contributed by atoms with Gasteiger partial charge in [-0.3, -0.25) is 0 Å². The molecule has 0 saturated heterocycles. The fourth-order valence-corrected chi connectivity index (χ4v) is 0.262. The van der Waals surface area contributed by atoms with Gasteiger partial charge in [-0.1, -0.05) is 0 Å². The van der Waals surface area contributed by atoms with Gasteiger partial charge in [0.05, 0.1) is 0 Å². The van der Waals surface area contributed by atoms with Crippen molar-refractivity contribution in [2.24, 2.45) is 0 Å². The van der Waals surface area contributed by atoms with Crippen molar-refractivity contribution in [2.75, 3.05) is 0 Å². The fourth-order valence-electron chi connectivity index (χ4n) is 0.262. The molecule has 0 N–H and O–H groups in total. The second-order valence-electron chi connectivity index (χ2n) is 1.62. The summed E-state index contributed by atoms with van der Waals surface area (Å²) in [5.74, 6) is -5.35. The fraction of sp³-hybridized carbons (Fsp3) is 0.750. The molecule has 1 radical (unpaired) electrons. The number of halogens is 7. The zero-order valence-electron chi connectivity index (χ0n) is 4.80. The molecule has 0 aliphatic heterocycles. The molecule has 1 unspecified atom stereocenters. The van der Waals surface area contributed by atoms with Crippen molar-refractivity contribution in [3.05, 3.63) is 6.43 Å². The zero-order valence-corrected chi connectivity index (χ0v) is 4.80. The first-order chi connectivity index (χ1) is 4.80. The molecule has 0 aromatic carbocycles. The summed E-state index contributed by atoms with van der Waals surface area (Å²) in [5.41, 5.74) is 0. The summed E-state index contributed by atoms with van der Waals surface area (Å²) in [4.78, 5) is 0. The van der Waals surface area contributed by atoms with E-state index in [9.17, 15) is 30.7 Å². The summed E-state index contributed by atoms with van der Waals surface area (Å²) >= 11 is 0. The topological polar surface area (TPSA) is 0 Å². The van der Waals surface area contributed by atoms with E-state index in [-0.39, 0.29) is 0 Å². The molecule has 0 nitrogen and oxygen atoms in total. The first-order valence-corrected chi connectivity index (χ1v) is 2.28. The minimum absolute atomic E-state index is 3.65. The zero-order chi connectivity index (χ0) is 9.23. The Morgan fingerprint density at radius 3 is 1.45 bits per heavy atom. The van der Waals surface area contributed by atoms with Gasteiger partial charge in [0.25, 0.3) is 6.43 Å². The molecular weight excluding hydrogens is 181 g/mol. The van der Waals surface area contributed by atoms with Crippen LogP contribution in [0.4, 0.5) is 30.7 Å². The minimum Gasteiger partial charge on any atom is -0.234 e. The van der Waals surface area contributed by atoms with E-state index in [4.69, 9.17) is 0 Å². The second-order valence-corrected chi connectivity index (χ2v) is 1.62. The molecular formula is C4H2F7. The predicted molar refractivity (Wildman–Crippen MR) is 21.3 cm³/mol. The smallest absolute Gasteiger partial charge is 0.234 e. The van der Waals surface area contributed by atoms with E-state index in [2.05, 4.69) is 0 Å². The number of hydrogen-bond donors (Lipinski definition) is 0. The van der Waals surface area contributed by atoms with Crippen molar-refractivity contribution >= 4 is 0 Å². The second kappa shape index (κ2) is 3.27. The van der Waals surface area contributed by atoms with Crippen LogP contribution in [0.1, 0.15) is 0 Å². The lowest BCUT2D eigenvalue weighted by Gasteiger charge is -2.16. The molecule has 0 bridgehead atoms. The average Bonchev–Trinajstić information content (AvgIpc) is 1.85. The van der Waals surface area contributed by atoms with Crippen LogP contribution in [0.15, 0.2) is 0 Å². The summed E-state index contributed by atoms with van der Waals surface area (Å²) in [6, 6.07) is 0. The van der Waals surface area contributed by atoms with Gasteiger partial charge in [-0.15, -0.1) is 0 Å². The predicted octanol–water partition coefficient (Wildman–Crippen LogP) is 2.65. The third kappa shape index (κ3) is 2.23. The molecule has 0 rings (SSSR count). The van der Waals surface area contributed by atoms with Gasteiger partial charge < -0.3 is 0 Å². The average molecular weight is 183 g/mol. The van der Waals surface area contributed by atoms with Gasteiger partial charge in [-0.05, 0) is 0 Å². The van der Waals surface area contributed by atoms with Gasteiger partial charge in [-0.2, -0.15) is 17.6 Å². The largest absolute Gasteiger partial charge is 0.381 e. The molecule has 67 valence electrons. The molecule has 1 atom stereocenters. The monoisotopic (exact) mass is 183 g/mol. The molecule has 7 heteroatoms. The van der Waals surface area contributed by atoms with E-state index in [0.717, 1.165) is 0 Å².